The number of carboxylic acids is 1. The van der Waals surface area contributed by atoms with Gasteiger partial charge in [0.15, 0.2) is 5.69 Å². The van der Waals surface area contributed by atoms with Crippen molar-refractivity contribution in [3.63, 3.8) is 0 Å². The molecular formula is C18H13F3N2O2. The Hall–Kier alpha value is -3.09. The van der Waals surface area contributed by atoms with Gasteiger partial charge in [-0.25, -0.2) is 9.48 Å². The summed E-state index contributed by atoms with van der Waals surface area (Å²) in [6.07, 6.45) is -4.47. The summed E-state index contributed by atoms with van der Waals surface area (Å²) in [4.78, 5) is 11.0. The van der Waals surface area contributed by atoms with Gasteiger partial charge in [0, 0.05) is 5.69 Å². The van der Waals surface area contributed by atoms with Gasteiger partial charge < -0.3 is 5.11 Å². The highest BCUT2D eigenvalue weighted by molar-refractivity contribution is 5.85. The molecule has 0 aliphatic carbocycles. The Balaban J connectivity index is 2.12. The Morgan fingerprint density at radius 3 is 2.44 bits per heavy atom. The number of carboxylic acid groups (broad SMARTS) is 1. The summed E-state index contributed by atoms with van der Waals surface area (Å²) >= 11 is 0. The minimum Gasteiger partial charge on any atom is -0.476 e. The first-order valence-corrected chi connectivity index (χ1v) is 7.34. The molecule has 0 aliphatic rings. The number of benzene rings is 2. The second-order valence-electron chi connectivity index (χ2n) is 5.48. The van der Waals surface area contributed by atoms with Crippen LogP contribution in [0.1, 0.15) is 21.7 Å². The summed E-state index contributed by atoms with van der Waals surface area (Å²) in [6, 6.07) is 13.1. The highest BCUT2D eigenvalue weighted by atomic mass is 19.4. The van der Waals surface area contributed by atoms with Crippen LogP contribution < -0.4 is 0 Å². The van der Waals surface area contributed by atoms with Gasteiger partial charge in [0.2, 0.25) is 0 Å². The van der Waals surface area contributed by atoms with E-state index in [2.05, 4.69) is 5.10 Å². The molecular weight excluding hydrogens is 333 g/mol. The zero-order valence-corrected chi connectivity index (χ0v) is 13.1. The number of rotatable bonds is 3. The number of aromatic nitrogens is 2. The van der Waals surface area contributed by atoms with Crippen LogP contribution >= 0.6 is 0 Å². The topological polar surface area (TPSA) is 55.1 Å². The molecule has 1 N–H and O–H groups in total. The van der Waals surface area contributed by atoms with Crippen LogP contribution in [0.5, 0.6) is 0 Å². The van der Waals surface area contributed by atoms with Crippen molar-refractivity contribution in [1.82, 2.24) is 9.78 Å². The predicted octanol–water partition coefficient (Wildman–Crippen LogP) is 4.56. The Kier molecular flexibility index (Phi) is 4.08. The van der Waals surface area contributed by atoms with Gasteiger partial charge in [0.05, 0.1) is 11.3 Å². The predicted molar refractivity (Wildman–Crippen MR) is 85.7 cm³/mol. The molecule has 0 spiro atoms. The molecule has 0 radical (unpaired) electrons. The Labute approximate surface area is 141 Å². The molecule has 0 atom stereocenters. The van der Waals surface area contributed by atoms with E-state index in [1.807, 2.05) is 0 Å². The fraction of sp³-hybridized carbons (Fsp3) is 0.111. The quantitative estimate of drug-likeness (QED) is 0.756. The van der Waals surface area contributed by atoms with Crippen molar-refractivity contribution < 1.29 is 23.1 Å². The summed E-state index contributed by atoms with van der Waals surface area (Å²) in [5.41, 5.74) is 0.629. The van der Waals surface area contributed by atoms with Crippen LogP contribution in [-0.2, 0) is 6.18 Å². The third kappa shape index (κ3) is 3.26. The highest BCUT2D eigenvalue weighted by Crippen LogP contribution is 2.37. The molecule has 4 nitrogen and oxygen atoms in total. The van der Waals surface area contributed by atoms with Crippen LogP contribution in [-0.4, -0.2) is 20.9 Å². The summed E-state index contributed by atoms with van der Waals surface area (Å²) in [7, 11) is 0. The number of carbonyl (C=O) groups is 1. The average molecular weight is 346 g/mol. The average Bonchev–Trinajstić information content (AvgIpc) is 2.96. The Morgan fingerprint density at radius 2 is 1.80 bits per heavy atom. The molecule has 1 aromatic heterocycles. The van der Waals surface area contributed by atoms with Gasteiger partial charge in [-0.2, -0.15) is 18.3 Å². The van der Waals surface area contributed by atoms with E-state index in [0.717, 1.165) is 6.07 Å². The maximum atomic E-state index is 13.2. The first-order chi connectivity index (χ1) is 11.8. The number of hydrogen-bond acceptors (Lipinski definition) is 2. The lowest BCUT2D eigenvalue weighted by Gasteiger charge is -2.14. The van der Waals surface area contributed by atoms with E-state index < -0.39 is 17.7 Å². The molecule has 0 saturated heterocycles. The maximum Gasteiger partial charge on any atom is 0.417 e. The van der Waals surface area contributed by atoms with Crippen LogP contribution in [0.4, 0.5) is 13.2 Å². The van der Waals surface area contributed by atoms with Crippen molar-refractivity contribution in [2.75, 3.05) is 0 Å². The van der Waals surface area contributed by atoms with Gasteiger partial charge in [0.1, 0.15) is 0 Å². The Morgan fingerprint density at radius 1 is 1.08 bits per heavy atom. The molecule has 3 aromatic rings. The van der Waals surface area contributed by atoms with E-state index in [0.29, 0.717) is 16.9 Å². The fourth-order valence-corrected chi connectivity index (χ4v) is 2.63. The van der Waals surface area contributed by atoms with Crippen molar-refractivity contribution in [2.24, 2.45) is 0 Å². The first-order valence-electron chi connectivity index (χ1n) is 7.34. The minimum absolute atomic E-state index is 0.0557. The van der Waals surface area contributed by atoms with Crippen molar-refractivity contribution in [1.29, 1.82) is 0 Å². The summed E-state index contributed by atoms with van der Waals surface area (Å²) in [5.74, 6) is -1.17. The molecule has 0 unspecified atom stereocenters. The Bertz CT molecular complexity index is 945. The van der Waals surface area contributed by atoms with Crippen LogP contribution in [0.25, 0.3) is 16.8 Å². The largest absolute Gasteiger partial charge is 0.476 e. The third-order valence-corrected chi connectivity index (χ3v) is 3.74. The zero-order chi connectivity index (χ0) is 18.2. The minimum atomic E-state index is -4.47. The lowest BCUT2D eigenvalue weighted by molar-refractivity contribution is -0.137. The molecule has 3 rings (SSSR count). The molecule has 2 aromatic carbocycles. The van der Waals surface area contributed by atoms with Crippen LogP contribution in [0.15, 0.2) is 54.6 Å². The van der Waals surface area contributed by atoms with Gasteiger partial charge >= 0.3 is 12.1 Å². The summed E-state index contributed by atoms with van der Waals surface area (Å²) < 4.78 is 41.1. The number of halogens is 3. The van der Waals surface area contributed by atoms with Gasteiger partial charge in [-0.3, -0.25) is 0 Å². The van der Waals surface area contributed by atoms with Crippen LogP contribution in [0.2, 0.25) is 0 Å². The molecule has 0 amide bonds. The smallest absolute Gasteiger partial charge is 0.417 e. The van der Waals surface area contributed by atoms with Crippen molar-refractivity contribution in [3.8, 4) is 16.8 Å². The summed E-state index contributed by atoms with van der Waals surface area (Å²) in [5, 5.41) is 13.0. The highest BCUT2D eigenvalue weighted by Gasteiger charge is 2.33. The second-order valence-corrected chi connectivity index (χ2v) is 5.48. The van der Waals surface area contributed by atoms with Gasteiger partial charge in [-0.1, -0.05) is 30.3 Å². The van der Waals surface area contributed by atoms with Crippen LogP contribution in [0, 0.1) is 6.92 Å². The first kappa shape index (κ1) is 16.8. The number of aromatic carboxylic acids is 1. The summed E-state index contributed by atoms with van der Waals surface area (Å²) in [6.45, 7) is 1.68. The maximum absolute atomic E-state index is 13.2. The van der Waals surface area contributed by atoms with Crippen molar-refractivity contribution in [3.05, 3.63) is 71.5 Å². The third-order valence-electron chi connectivity index (χ3n) is 3.74. The van der Waals surface area contributed by atoms with E-state index in [9.17, 15) is 18.0 Å². The molecule has 1 heterocycles. The fourth-order valence-electron chi connectivity index (χ4n) is 2.63. The monoisotopic (exact) mass is 346 g/mol. The molecule has 128 valence electrons. The number of aryl methyl sites for hydroxylation is 1. The second kappa shape index (κ2) is 6.08. The van der Waals surface area contributed by atoms with Crippen LogP contribution in [0.3, 0.4) is 0 Å². The van der Waals surface area contributed by atoms with Gasteiger partial charge in [-0.15, -0.1) is 0 Å². The van der Waals surface area contributed by atoms with E-state index in [1.165, 1.54) is 22.9 Å². The molecule has 25 heavy (non-hydrogen) atoms. The van der Waals surface area contributed by atoms with Crippen molar-refractivity contribution >= 4 is 5.97 Å². The number of alkyl halides is 3. The zero-order valence-electron chi connectivity index (χ0n) is 13.1. The lowest BCUT2D eigenvalue weighted by atomic mass is 9.99. The van der Waals surface area contributed by atoms with E-state index >= 15 is 0 Å². The molecule has 0 aliphatic heterocycles. The van der Waals surface area contributed by atoms with Gasteiger partial charge in [0.25, 0.3) is 0 Å². The molecule has 0 saturated carbocycles. The number of hydrogen-bond donors (Lipinski definition) is 1. The standard InChI is InChI=1S/C18H13F3N2O2/c1-11-9-16(17(24)25)22-23(11)13-6-4-5-12(10-13)14-7-2-3-8-15(14)18(19,20)21/h2-10H,1H3,(H,24,25). The molecule has 7 heteroatoms. The van der Waals surface area contributed by atoms with E-state index in [-0.39, 0.29) is 11.3 Å². The SMILES string of the molecule is Cc1cc(C(=O)O)nn1-c1cccc(-c2ccccc2C(F)(F)F)c1. The molecule has 0 bridgehead atoms. The number of nitrogens with zero attached hydrogens (tertiary/aromatic N) is 2. The van der Waals surface area contributed by atoms with E-state index in [1.54, 1.807) is 37.3 Å². The normalized spacial score (nSPS) is 11.5. The molecule has 0 fully saturated rings. The van der Waals surface area contributed by atoms with Gasteiger partial charge in [-0.05, 0) is 42.3 Å². The lowest BCUT2D eigenvalue weighted by Crippen LogP contribution is -2.07. The van der Waals surface area contributed by atoms with Crippen molar-refractivity contribution in [2.45, 2.75) is 13.1 Å². The van der Waals surface area contributed by atoms with E-state index in [4.69, 9.17) is 5.11 Å².